The van der Waals surface area contributed by atoms with Crippen molar-refractivity contribution in [2.45, 2.75) is 6.42 Å². The van der Waals surface area contributed by atoms with Crippen LogP contribution in [0.5, 0.6) is 0 Å². The van der Waals surface area contributed by atoms with Gasteiger partial charge in [-0.05, 0) is 18.4 Å². The molecule has 6 heteroatoms. The second-order valence-electron chi connectivity index (χ2n) is 5.76. The van der Waals surface area contributed by atoms with Crippen LogP contribution in [0.25, 0.3) is 0 Å². The maximum absolute atomic E-state index is 11.1. The van der Waals surface area contributed by atoms with Gasteiger partial charge in [-0.1, -0.05) is 12.1 Å². The Balaban J connectivity index is 1.63. The van der Waals surface area contributed by atoms with E-state index in [1.54, 1.807) is 12.1 Å². The first-order chi connectivity index (χ1) is 10.2. The molecule has 2 aliphatic heterocycles. The van der Waals surface area contributed by atoms with Gasteiger partial charge in [-0.25, -0.2) is 0 Å². The Morgan fingerprint density at radius 1 is 1.24 bits per heavy atom. The number of nitro groups is 1. The van der Waals surface area contributed by atoms with Gasteiger partial charge >= 0.3 is 0 Å². The van der Waals surface area contributed by atoms with Gasteiger partial charge in [0.2, 0.25) is 0 Å². The number of nitro benzene ring substituents is 1. The predicted octanol–water partition coefficient (Wildman–Crippen LogP) is 1.75. The summed E-state index contributed by atoms with van der Waals surface area (Å²) in [6, 6.07) is 7.04. The Labute approximate surface area is 124 Å². The fraction of sp³-hybridized carbons (Fsp3) is 0.600. The van der Waals surface area contributed by atoms with Gasteiger partial charge in [0.05, 0.1) is 18.1 Å². The molecule has 2 fully saturated rings. The Morgan fingerprint density at radius 2 is 2.00 bits per heavy atom. The largest absolute Gasteiger partial charge is 0.379 e. The van der Waals surface area contributed by atoms with Crippen LogP contribution in [0.1, 0.15) is 6.42 Å². The van der Waals surface area contributed by atoms with Crippen LogP contribution in [0.4, 0.5) is 11.4 Å². The predicted molar refractivity (Wildman–Crippen MR) is 80.7 cm³/mol. The highest BCUT2D eigenvalue weighted by molar-refractivity contribution is 5.63. The highest BCUT2D eigenvalue weighted by atomic mass is 16.6. The molecule has 0 unspecified atom stereocenters. The molecule has 0 radical (unpaired) electrons. The zero-order valence-corrected chi connectivity index (χ0v) is 12.1. The Bertz CT molecular complexity index is 503. The van der Waals surface area contributed by atoms with Crippen LogP contribution < -0.4 is 4.90 Å². The van der Waals surface area contributed by atoms with Crippen LogP contribution in [0.2, 0.25) is 0 Å². The van der Waals surface area contributed by atoms with Crippen molar-refractivity contribution in [3.8, 4) is 0 Å². The van der Waals surface area contributed by atoms with E-state index < -0.39 is 0 Å². The van der Waals surface area contributed by atoms with E-state index in [2.05, 4.69) is 9.80 Å². The van der Waals surface area contributed by atoms with Crippen LogP contribution in [0, 0.1) is 16.0 Å². The van der Waals surface area contributed by atoms with E-state index in [-0.39, 0.29) is 10.6 Å². The fourth-order valence-electron chi connectivity index (χ4n) is 3.24. The van der Waals surface area contributed by atoms with Crippen molar-refractivity contribution >= 4 is 11.4 Å². The minimum atomic E-state index is -0.287. The van der Waals surface area contributed by atoms with Crippen LogP contribution in [-0.2, 0) is 4.74 Å². The highest BCUT2D eigenvalue weighted by Gasteiger charge is 2.28. The quantitative estimate of drug-likeness (QED) is 0.625. The molecule has 1 atom stereocenters. The summed E-state index contributed by atoms with van der Waals surface area (Å²) in [4.78, 5) is 15.4. The normalized spacial score (nSPS) is 23.4. The Morgan fingerprint density at radius 3 is 2.76 bits per heavy atom. The third-order valence-electron chi connectivity index (χ3n) is 4.33. The minimum absolute atomic E-state index is 0.213. The molecule has 0 aliphatic carbocycles. The average molecular weight is 291 g/mol. The molecule has 0 saturated carbocycles. The lowest BCUT2D eigenvalue weighted by Gasteiger charge is -2.29. The Kier molecular flexibility index (Phi) is 4.36. The molecular weight excluding hydrogens is 270 g/mol. The molecule has 2 saturated heterocycles. The Hall–Kier alpha value is -1.66. The summed E-state index contributed by atoms with van der Waals surface area (Å²) < 4.78 is 5.37. The lowest BCUT2D eigenvalue weighted by Crippen LogP contribution is -2.39. The van der Waals surface area contributed by atoms with E-state index in [4.69, 9.17) is 4.74 Å². The molecule has 1 aromatic carbocycles. The molecule has 21 heavy (non-hydrogen) atoms. The van der Waals surface area contributed by atoms with Gasteiger partial charge in [0, 0.05) is 38.8 Å². The van der Waals surface area contributed by atoms with Gasteiger partial charge in [0.15, 0.2) is 0 Å². The van der Waals surface area contributed by atoms with Crippen LogP contribution in [-0.4, -0.2) is 55.8 Å². The monoisotopic (exact) mass is 291 g/mol. The number of benzene rings is 1. The topological polar surface area (TPSA) is 58.9 Å². The van der Waals surface area contributed by atoms with Crippen LogP contribution >= 0.6 is 0 Å². The summed E-state index contributed by atoms with van der Waals surface area (Å²) in [5.74, 6) is 0.586. The van der Waals surface area contributed by atoms with E-state index in [0.29, 0.717) is 5.92 Å². The number of anilines is 1. The van der Waals surface area contributed by atoms with Crippen molar-refractivity contribution in [2.75, 3.05) is 50.8 Å². The van der Waals surface area contributed by atoms with Crippen LogP contribution in [0.15, 0.2) is 24.3 Å². The van der Waals surface area contributed by atoms with E-state index in [9.17, 15) is 10.1 Å². The van der Waals surface area contributed by atoms with E-state index in [0.717, 1.165) is 58.0 Å². The molecule has 0 spiro atoms. The van der Waals surface area contributed by atoms with Crippen molar-refractivity contribution in [3.05, 3.63) is 34.4 Å². The van der Waals surface area contributed by atoms with E-state index in [1.807, 2.05) is 12.1 Å². The first kappa shape index (κ1) is 14.3. The molecule has 0 N–H and O–H groups in total. The third kappa shape index (κ3) is 3.33. The number of nitrogens with zero attached hydrogens (tertiary/aromatic N) is 3. The van der Waals surface area contributed by atoms with Crippen molar-refractivity contribution in [1.29, 1.82) is 0 Å². The smallest absolute Gasteiger partial charge is 0.292 e. The second kappa shape index (κ2) is 6.41. The number of ether oxygens (including phenoxy) is 1. The molecule has 6 nitrogen and oxygen atoms in total. The van der Waals surface area contributed by atoms with Gasteiger partial charge in [0.1, 0.15) is 5.69 Å². The van der Waals surface area contributed by atoms with E-state index >= 15 is 0 Å². The van der Waals surface area contributed by atoms with Crippen molar-refractivity contribution in [1.82, 2.24) is 4.90 Å². The summed E-state index contributed by atoms with van der Waals surface area (Å²) in [5, 5.41) is 11.1. The molecule has 1 aromatic rings. The zero-order valence-electron chi connectivity index (χ0n) is 12.1. The first-order valence-corrected chi connectivity index (χ1v) is 7.52. The van der Waals surface area contributed by atoms with E-state index in [1.165, 1.54) is 0 Å². The maximum Gasteiger partial charge on any atom is 0.292 e. The SMILES string of the molecule is O=[N+]([O-])c1ccccc1N1CC[C@@H](CN2CCOCC2)C1. The third-order valence-corrected chi connectivity index (χ3v) is 4.33. The standard InChI is InChI=1S/C15H21N3O3/c19-18(20)15-4-2-1-3-14(15)17-6-5-13(12-17)11-16-7-9-21-10-8-16/h1-4,13H,5-12H2/t13-/m0/s1. The molecule has 114 valence electrons. The second-order valence-corrected chi connectivity index (χ2v) is 5.76. The molecule has 2 heterocycles. The van der Waals surface area contributed by atoms with Gasteiger partial charge in [0.25, 0.3) is 5.69 Å². The number of hydrogen-bond acceptors (Lipinski definition) is 5. The molecule has 0 aromatic heterocycles. The summed E-state index contributed by atoms with van der Waals surface area (Å²) >= 11 is 0. The molecule has 2 aliphatic rings. The number of para-hydroxylation sites is 2. The number of morpholine rings is 1. The van der Waals surface area contributed by atoms with Gasteiger partial charge in [-0.2, -0.15) is 0 Å². The maximum atomic E-state index is 11.1. The van der Waals surface area contributed by atoms with Crippen molar-refractivity contribution in [3.63, 3.8) is 0 Å². The number of rotatable bonds is 4. The first-order valence-electron chi connectivity index (χ1n) is 7.52. The average Bonchev–Trinajstić information content (AvgIpc) is 2.96. The summed E-state index contributed by atoms with van der Waals surface area (Å²) in [7, 11) is 0. The highest BCUT2D eigenvalue weighted by Crippen LogP contribution is 2.32. The molecular formula is C15H21N3O3. The van der Waals surface area contributed by atoms with Gasteiger partial charge in [-0.3, -0.25) is 15.0 Å². The van der Waals surface area contributed by atoms with Crippen molar-refractivity contribution in [2.24, 2.45) is 5.92 Å². The minimum Gasteiger partial charge on any atom is -0.379 e. The van der Waals surface area contributed by atoms with Gasteiger partial charge < -0.3 is 9.64 Å². The summed E-state index contributed by atoms with van der Waals surface area (Å²) in [6.45, 7) is 6.52. The summed E-state index contributed by atoms with van der Waals surface area (Å²) in [6.07, 6.45) is 1.10. The van der Waals surface area contributed by atoms with Crippen molar-refractivity contribution < 1.29 is 9.66 Å². The van der Waals surface area contributed by atoms with Crippen LogP contribution in [0.3, 0.4) is 0 Å². The number of hydrogen-bond donors (Lipinski definition) is 0. The molecule has 0 amide bonds. The lowest BCUT2D eigenvalue weighted by molar-refractivity contribution is -0.384. The lowest BCUT2D eigenvalue weighted by atomic mass is 10.1. The van der Waals surface area contributed by atoms with Gasteiger partial charge in [-0.15, -0.1) is 0 Å². The summed E-state index contributed by atoms with van der Waals surface area (Å²) in [5.41, 5.74) is 0.969. The zero-order chi connectivity index (χ0) is 14.7. The molecule has 0 bridgehead atoms. The molecule has 3 rings (SSSR count). The fourth-order valence-corrected chi connectivity index (χ4v) is 3.24.